The topological polar surface area (TPSA) is 117 Å². The van der Waals surface area contributed by atoms with E-state index in [9.17, 15) is 22.4 Å². The van der Waals surface area contributed by atoms with Crippen LogP contribution >= 0.6 is 23.2 Å². The molecule has 0 aromatic heterocycles. The fourth-order valence-electron chi connectivity index (χ4n) is 2.29. The SMILES string of the molecule is COCCOCCOC(=O)OC(c1ccc(S(C)(=O)=O)cc1)C(CF)NC(=O)C(Cl)Cl. The van der Waals surface area contributed by atoms with E-state index < -0.39 is 45.6 Å². The van der Waals surface area contributed by atoms with Crippen molar-refractivity contribution in [2.75, 3.05) is 46.5 Å². The standard InChI is InChI=1S/C18H24Cl2FNO8S/c1-27-7-8-28-9-10-29-18(24)30-15(14(11-21)22-17(23)16(19)20)12-3-5-13(6-4-12)31(2,25)26/h3-6,14-16H,7-11H2,1-2H3,(H,22,23). The van der Waals surface area contributed by atoms with Gasteiger partial charge in [0.05, 0.1) is 30.8 Å². The van der Waals surface area contributed by atoms with Crippen molar-refractivity contribution in [2.24, 2.45) is 0 Å². The van der Waals surface area contributed by atoms with Gasteiger partial charge in [0.15, 0.2) is 20.8 Å². The van der Waals surface area contributed by atoms with Crippen LogP contribution in [0.3, 0.4) is 0 Å². The summed E-state index contributed by atoms with van der Waals surface area (Å²) in [7, 11) is -1.97. The number of sulfone groups is 1. The van der Waals surface area contributed by atoms with Crippen molar-refractivity contribution in [1.82, 2.24) is 5.32 Å². The van der Waals surface area contributed by atoms with Crippen LogP contribution in [0.25, 0.3) is 0 Å². The molecule has 9 nitrogen and oxygen atoms in total. The first-order chi connectivity index (χ1) is 14.6. The number of hydrogen-bond donors (Lipinski definition) is 1. The van der Waals surface area contributed by atoms with Gasteiger partial charge in [-0.3, -0.25) is 4.79 Å². The number of carbonyl (C=O) groups excluding carboxylic acids is 2. The molecule has 31 heavy (non-hydrogen) atoms. The highest BCUT2D eigenvalue weighted by Crippen LogP contribution is 2.25. The number of methoxy groups -OCH3 is 1. The van der Waals surface area contributed by atoms with Crippen molar-refractivity contribution in [3.05, 3.63) is 29.8 Å². The molecule has 0 spiro atoms. The van der Waals surface area contributed by atoms with Gasteiger partial charge in [-0.15, -0.1) is 0 Å². The Balaban J connectivity index is 2.94. The molecule has 0 bridgehead atoms. The van der Waals surface area contributed by atoms with Gasteiger partial charge in [-0.25, -0.2) is 17.6 Å². The minimum Gasteiger partial charge on any atom is -0.432 e. The van der Waals surface area contributed by atoms with E-state index in [1.165, 1.54) is 31.4 Å². The predicted molar refractivity (Wildman–Crippen MR) is 111 cm³/mol. The summed E-state index contributed by atoms with van der Waals surface area (Å²) in [5.41, 5.74) is 0.212. The summed E-state index contributed by atoms with van der Waals surface area (Å²) >= 11 is 11.0. The molecule has 13 heteroatoms. The molecule has 0 radical (unpaired) electrons. The number of alkyl halides is 3. The van der Waals surface area contributed by atoms with E-state index in [2.05, 4.69) is 5.32 Å². The lowest BCUT2D eigenvalue weighted by atomic mass is 10.0. The van der Waals surface area contributed by atoms with E-state index in [4.69, 9.17) is 42.1 Å². The highest BCUT2D eigenvalue weighted by Gasteiger charge is 2.31. The highest BCUT2D eigenvalue weighted by molar-refractivity contribution is 7.90. The number of carbonyl (C=O) groups is 2. The van der Waals surface area contributed by atoms with Gasteiger partial charge in [-0.1, -0.05) is 35.3 Å². The second kappa shape index (κ2) is 13.7. The summed E-state index contributed by atoms with van der Waals surface area (Å²) in [5.74, 6) is -0.896. The normalized spacial score (nSPS) is 13.5. The zero-order valence-corrected chi connectivity index (χ0v) is 19.2. The predicted octanol–water partition coefficient (Wildman–Crippen LogP) is 2.21. The first-order valence-electron chi connectivity index (χ1n) is 8.94. The monoisotopic (exact) mass is 503 g/mol. The van der Waals surface area contributed by atoms with E-state index >= 15 is 0 Å². The van der Waals surface area contributed by atoms with E-state index in [1.807, 2.05) is 0 Å². The van der Waals surface area contributed by atoms with E-state index in [0.29, 0.717) is 13.2 Å². The molecule has 0 aliphatic heterocycles. The lowest BCUT2D eigenvalue weighted by molar-refractivity contribution is -0.121. The van der Waals surface area contributed by atoms with Crippen LogP contribution in [0, 0.1) is 0 Å². The third-order valence-electron chi connectivity index (χ3n) is 3.80. The van der Waals surface area contributed by atoms with Crippen LogP contribution in [-0.2, 0) is 33.6 Å². The van der Waals surface area contributed by atoms with Crippen molar-refractivity contribution >= 4 is 45.1 Å². The van der Waals surface area contributed by atoms with Crippen LogP contribution in [-0.4, -0.2) is 77.8 Å². The zero-order chi connectivity index (χ0) is 23.4. The molecule has 0 fully saturated rings. The molecule has 1 N–H and O–H groups in total. The van der Waals surface area contributed by atoms with Crippen molar-refractivity contribution in [1.29, 1.82) is 0 Å². The van der Waals surface area contributed by atoms with Gasteiger partial charge >= 0.3 is 6.16 Å². The zero-order valence-electron chi connectivity index (χ0n) is 16.9. The van der Waals surface area contributed by atoms with Crippen molar-refractivity contribution < 1.29 is 41.3 Å². The summed E-state index contributed by atoms with van der Waals surface area (Å²) in [6.45, 7) is -0.525. The summed E-state index contributed by atoms with van der Waals surface area (Å²) in [5, 5.41) is 2.24. The van der Waals surface area contributed by atoms with Crippen LogP contribution in [0.1, 0.15) is 11.7 Å². The smallest absolute Gasteiger partial charge is 0.432 e. The van der Waals surface area contributed by atoms with Crippen LogP contribution < -0.4 is 5.32 Å². The molecule has 1 aromatic carbocycles. The number of halogens is 3. The van der Waals surface area contributed by atoms with Gasteiger partial charge in [0.25, 0.3) is 5.91 Å². The molecule has 0 saturated carbocycles. The second-order valence-corrected chi connectivity index (χ2v) is 9.27. The molecule has 0 saturated heterocycles. The first kappa shape index (κ1) is 27.4. The molecular formula is C18H24Cl2FNO8S. The number of rotatable bonds is 13. The Morgan fingerprint density at radius 1 is 1.10 bits per heavy atom. The molecule has 0 aliphatic rings. The Morgan fingerprint density at radius 3 is 2.23 bits per heavy atom. The highest BCUT2D eigenvalue weighted by atomic mass is 35.5. The average molecular weight is 504 g/mol. The molecule has 1 aromatic rings. The summed E-state index contributed by atoms with van der Waals surface area (Å²) in [6.07, 6.45) is -1.47. The third-order valence-corrected chi connectivity index (χ3v) is 5.32. The number of hydrogen-bond acceptors (Lipinski definition) is 8. The van der Waals surface area contributed by atoms with E-state index in [0.717, 1.165) is 6.26 Å². The third kappa shape index (κ3) is 10.0. The molecule has 0 heterocycles. The number of ether oxygens (including phenoxy) is 4. The van der Waals surface area contributed by atoms with Crippen LogP contribution in [0.4, 0.5) is 9.18 Å². The second-order valence-electron chi connectivity index (χ2n) is 6.15. The molecule has 1 amide bonds. The molecule has 176 valence electrons. The van der Waals surface area contributed by atoms with Gasteiger partial charge in [-0.2, -0.15) is 0 Å². The molecule has 2 unspecified atom stereocenters. The molecular weight excluding hydrogens is 480 g/mol. The Hall–Kier alpha value is -1.66. The van der Waals surface area contributed by atoms with Crippen LogP contribution in [0.15, 0.2) is 29.2 Å². The number of benzene rings is 1. The van der Waals surface area contributed by atoms with Gasteiger partial charge in [-0.05, 0) is 17.7 Å². The van der Waals surface area contributed by atoms with Gasteiger partial charge in [0, 0.05) is 13.4 Å². The van der Waals surface area contributed by atoms with Crippen molar-refractivity contribution in [2.45, 2.75) is 21.9 Å². The van der Waals surface area contributed by atoms with Gasteiger partial charge < -0.3 is 24.3 Å². The van der Waals surface area contributed by atoms with Crippen molar-refractivity contribution in [3.63, 3.8) is 0 Å². The Bertz CT molecular complexity index is 807. The number of nitrogens with one attached hydrogen (secondary N) is 1. The summed E-state index contributed by atoms with van der Waals surface area (Å²) in [4.78, 5) is 22.4. The maximum Gasteiger partial charge on any atom is 0.509 e. The van der Waals surface area contributed by atoms with Crippen LogP contribution in [0.5, 0.6) is 0 Å². The van der Waals surface area contributed by atoms with Crippen molar-refractivity contribution in [3.8, 4) is 0 Å². The minimum absolute atomic E-state index is 0.00759. The van der Waals surface area contributed by atoms with Crippen LogP contribution in [0.2, 0.25) is 0 Å². The Morgan fingerprint density at radius 2 is 1.71 bits per heavy atom. The Labute approximate surface area is 190 Å². The molecule has 1 rings (SSSR count). The largest absolute Gasteiger partial charge is 0.509 e. The van der Waals surface area contributed by atoms with E-state index in [-0.39, 0.29) is 23.7 Å². The minimum atomic E-state index is -3.48. The molecule has 0 aliphatic carbocycles. The fourth-order valence-corrected chi connectivity index (χ4v) is 3.05. The lowest BCUT2D eigenvalue weighted by Gasteiger charge is -2.26. The first-order valence-corrected chi connectivity index (χ1v) is 11.7. The average Bonchev–Trinajstić information content (AvgIpc) is 2.72. The summed E-state index contributed by atoms with van der Waals surface area (Å²) in [6, 6.07) is 3.83. The Kier molecular flexibility index (Phi) is 12.1. The van der Waals surface area contributed by atoms with E-state index in [1.54, 1.807) is 0 Å². The molecule has 2 atom stereocenters. The summed E-state index contributed by atoms with van der Waals surface area (Å²) < 4.78 is 57.0. The maximum atomic E-state index is 13.7. The van der Waals surface area contributed by atoms with Gasteiger partial charge in [0.2, 0.25) is 0 Å². The quantitative estimate of drug-likeness (QED) is 0.247. The lowest BCUT2D eigenvalue weighted by Crippen LogP contribution is -2.44. The van der Waals surface area contributed by atoms with Gasteiger partial charge in [0.1, 0.15) is 13.3 Å². The number of amides is 1. The maximum absolute atomic E-state index is 13.7. The fraction of sp³-hybridized carbons (Fsp3) is 0.556.